The second-order valence-electron chi connectivity index (χ2n) is 27.5. The normalized spacial score (nSPS) is 10.1. The van der Waals surface area contributed by atoms with Crippen LogP contribution in [0.2, 0.25) is 0 Å². The van der Waals surface area contributed by atoms with Crippen molar-refractivity contribution in [3.63, 3.8) is 0 Å². The van der Waals surface area contributed by atoms with Gasteiger partial charge in [-0.25, -0.2) is 19.9 Å². The van der Waals surface area contributed by atoms with Crippen LogP contribution < -0.4 is 0 Å². The topological polar surface area (TPSA) is 142 Å². The number of pyridine rings is 3. The van der Waals surface area contributed by atoms with Crippen molar-refractivity contribution >= 4 is 0 Å². The van der Waals surface area contributed by atoms with Crippen molar-refractivity contribution in [2.24, 2.45) is 0 Å². The molecule has 544 valence electrons. The molecule has 8 aromatic rings. The molecule has 0 radical (unpaired) electrons. The maximum absolute atomic E-state index is 4.25. The number of hydrogen-bond donors (Lipinski definition) is 0. The van der Waals surface area contributed by atoms with Crippen LogP contribution in [0.5, 0.6) is 0 Å². The lowest BCUT2D eigenvalue weighted by Gasteiger charge is -2.18. The Labute approximate surface area is 595 Å². The van der Waals surface area contributed by atoms with E-state index in [1.54, 1.807) is 49.7 Å². The molecule has 11 nitrogen and oxygen atoms in total. The SMILES string of the molecule is CC.CC.CC.CC.CC.CC.CC.CC.CC(C)(C)c1ccccc1.CC(C)(C)c1ccccn1.CC(C)(C)c1cccnc1.CC(C)(C)c1cccnn1.CC(C)(C)c1ccncc1.CC(C)(C)c1cnccn1.CC(C)(C)c1cncnc1.CC(C)(C)c1ncccn1. The van der Waals surface area contributed by atoms with E-state index in [0.717, 1.165) is 22.9 Å². The molecule has 7 aromatic heterocycles. The third-order valence-corrected chi connectivity index (χ3v) is 11.5. The van der Waals surface area contributed by atoms with Crippen LogP contribution in [0.3, 0.4) is 0 Å². The van der Waals surface area contributed by atoms with Crippen molar-refractivity contribution in [2.45, 2.75) is 320 Å². The Balaban J connectivity index is -0.000000149. The third-order valence-electron chi connectivity index (χ3n) is 11.5. The molecule has 0 aliphatic heterocycles. The van der Waals surface area contributed by atoms with Crippen molar-refractivity contribution < 1.29 is 0 Å². The second-order valence-corrected chi connectivity index (χ2v) is 27.5. The van der Waals surface area contributed by atoms with Crippen LogP contribution in [-0.2, 0) is 43.3 Å². The molecule has 0 amide bonds. The Kier molecular flexibility index (Phi) is 66.1. The molecule has 0 atom stereocenters. The highest BCUT2D eigenvalue weighted by molar-refractivity contribution is 5.23. The molecule has 96 heavy (non-hydrogen) atoms. The van der Waals surface area contributed by atoms with E-state index in [4.69, 9.17) is 0 Å². The van der Waals surface area contributed by atoms with Crippen LogP contribution in [0.25, 0.3) is 0 Å². The molecule has 0 bridgehead atoms. The van der Waals surface area contributed by atoms with Crippen molar-refractivity contribution in [1.82, 2.24) is 55.1 Å². The summed E-state index contributed by atoms with van der Waals surface area (Å²) in [5.41, 5.74) is 9.85. The Morgan fingerprint density at radius 1 is 0.208 bits per heavy atom. The molecule has 0 saturated carbocycles. The fourth-order valence-corrected chi connectivity index (χ4v) is 6.16. The van der Waals surface area contributed by atoms with E-state index >= 15 is 0 Å². The Bertz CT molecular complexity index is 2170. The van der Waals surface area contributed by atoms with Gasteiger partial charge in [0, 0.05) is 108 Å². The number of nitrogens with zero attached hydrogens (tertiary/aromatic N) is 11. The van der Waals surface area contributed by atoms with Gasteiger partial charge in [0.25, 0.3) is 0 Å². The first-order chi connectivity index (χ1) is 44.8. The van der Waals surface area contributed by atoms with Crippen molar-refractivity contribution in [2.75, 3.05) is 0 Å². The quantitative estimate of drug-likeness (QED) is 0.143. The van der Waals surface area contributed by atoms with E-state index < -0.39 is 0 Å². The molecule has 8 rings (SSSR count). The van der Waals surface area contributed by atoms with Gasteiger partial charge in [-0.05, 0) is 92.4 Å². The van der Waals surface area contributed by atoms with Gasteiger partial charge < -0.3 is 0 Å². The van der Waals surface area contributed by atoms with Crippen LogP contribution >= 0.6 is 0 Å². The minimum Gasteiger partial charge on any atom is -0.265 e. The average Bonchev–Trinajstić information content (AvgIpc) is 2.62. The predicted octanol–water partition coefficient (Wildman–Crippen LogP) is 25.4. The molecule has 0 fully saturated rings. The minimum absolute atomic E-state index is 0.0707. The standard InChI is InChI=1S/C10H14.3C9H13N.4C8H12N2.8C2H6/c1-10(2,3)9-7-5-4-6-8-9;1-9(2,3)8-4-6-10-7-5-8;1-9(2,3)8-5-4-6-10-7-8;1-9(2,3)8-6-4-5-7-10-8;1-8(2,3)7-4-9-6-10-5-7;1-8(2,3)7-6-9-4-5-10-7;1-8(2,3)7-9-5-4-6-10-7;1-8(2,3)7-5-4-6-9-10-7;8*1-2/h4-8H,1-3H3;3*4-7H,1-3H3;4*4-6H,1-3H3;8*1-2H3. The highest BCUT2D eigenvalue weighted by Crippen LogP contribution is 2.24. The van der Waals surface area contributed by atoms with Gasteiger partial charge in [-0.1, -0.05) is 319 Å². The van der Waals surface area contributed by atoms with Gasteiger partial charge >= 0.3 is 0 Å². The Morgan fingerprint density at radius 2 is 0.562 bits per heavy atom. The van der Waals surface area contributed by atoms with Crippen LogP contribution in [0, 0.1) is 0 Å². The Hall–Kier alpha value is -7.01. The highest BCUT2D eigenvalue weighted by atomic mass is 15.1. The maximum atomic E-state index is 4.25. The van der Waals surface area contributed by atoms with Gasteiger partial charge in [0.15, 0.2) is 0 Å². The molecule has 0 aliphatic carbocycles. The Morgan fingerprint density at radius 3 is 0.812 bits per heavy atom. The molecule has 0 saturated heterocycles. The van der Waals surface area contributed by atoms with Gasteiger partial charge in [-0.15, -0.1) is 0 Å². The summed E-state index contributed by atoms with van der Waals surface area (Å²) >= 11 is 0. The van der Waals surface area contributed by atoms with Gasteiger partial charge in [-0.3, -0.25) is 24.9 Å². The predicted molar refractivity (Wildman–Crippen MR) is 428 cm³/mol. The summed E-state index contributed by atoms with van der Waals surface area (Å²) in [6.07, 6.45) is 24.9. The van der Waals surface area contributed by atoms with Crippen LogP contribution in [0.15, 0.2) is 178 Å². The van der Waals surface area contributed by atoms with Crippen LogP contribution in [-0.4, -0.2) is 55.1 Å². The molecule has 0 unspecified atom stereocenters. The molecule has 1 aromatic carbocycles. The number of hydrogen-bond acceptors (Lipinski definition) is 11. The molecule has 7 heterocycles. The molecular formula is C85H149N11. The van der Waals surface area contributed by atoms with Gasteiger partial charge in [0.05, 0.1) is 11.4 Å². The van der Waals surface area contributed by atoms with Gasteiger partial charge in [0.2, 0.25) is 0 Å². The zero-order chi connectivity index (χ0) is 76.9. The molecule has 11 heteroatoms. The summed E-state index contributed by atoms with van der Waals surface area (Å²) in [4.78, 5) is 36.6. The summed E-state index contributed by atoms with van der Waals surface area (Å²) in [5.74, 6) is 0.898. The molecule has 0 spiro atoms. The number of rotatable bonds is 0. The first-order valence-corrected chi connectivity index (χ1v) is 35.7. The first kappa shape index (κ1) is 105. The van der Waals surface area contributed by atoms with Gasteiger partial charge in [0.1, 0.15) is 12.2 Å². The third kappa shape index (κ3) is 58.4. The zero-order valence-corrected chi connectivity index (χ0v) is 69.7. The van der Waals surface area contributed by atoms with Crippen molar-refractivity contribution in [3.8, 4) is 0 Å². The van der Waals surface area contributed by atoms with E-state index in [2.05, 4.69) is 276 Å². The number of benzene rings is 1. The van der Waals surface area contributed by atoms with E-state index in [9.17, 15) is 0 Å². The van der Waals surface area contributed by atoms with Crippen LogP contribution in [0.4, 0.5) is 0 Å². The van der Waals surface area contributed by atoms with E-state index in [-0.39, 0.29) is 37.9 Å². The minimum atomic E-state index is 0.0707. The summed E-state index contributed by atoms with van der Waals surface area (Å²) in [6.45, 7) is 83.8. The maximum Gasteiger partial charge on any atom is 0.133 e. The van der Waals surface area contributed by atoms with Crippen LogP contribution in [0.1, 0.15) is 322 Å². The highest BCUT2D eigenvalue weighted by Gasteiger charge is 2.18. The lowest BCUT2D eigenvalue weighted by Crippen LogP contribution is -2.14. The summed E-state index contributed by atoms with van der Waals surface area (Å²) in [5, 5.41) is 7.80. The van der Waals surface area contributed by atoms with Crippen molar-refractivity contribution in [1.29, 1.82) is 0 Å². The molecule has 0 N–H and O–H groups in total. The van der Waals surface area contributed by atoms with E-state index in [0.29, 0.717) is 5.41 Å². The molecule has 0 aliphatic rings. The fraction of sp³-hybridized carbons (Fsp3) is 0.565. The monoisotopic (exact) mass is 1320 g/mol. The summed E-state index contributed by atoms with van der Waals surface area (Å²) < 4.78 is 0. The second kappa shape index (κ2) is 60.4. The lowest BCUT2D eigenvalue weighted by molar-refractivity contribution is 0.545. The van der Waals surface area contributed by atoms with Crippen molar-refractivity contribution in [3.05, 3.63) is 223 Å². The summed E-state index contributed by atoms with van der Waals surface area (Å²) in [7, 11) is 0. The summed E-state index contributed by atoms with van der Waals surface area (Å²) in [6, 6.07) is 30.5. The smallest absolute Gasteiger partial charge is 0.133 e. The fourth-order valence-electron chi connectivity index (χ4n) is 6.16. The first-order valence-electron chi connectivity index (χ1n) is 35.7. The van der Waals surface area contributed by atoms with E-state index in [1.807, 2.05) is 184 Å². The lowest BCUT2D eigenvalue weighted by atomic mass is 9.87. The van der Waals surface area contributed by atoms with Gasteiger partial charge in [-0.2, -0.15) is 10.2 Å². The molecular weight excluding hydrogens is 1180 g/mol. The zero-order valence-electron chi connectivity index (χ0n) is 69.7. The van der Waals surface area contributed by atoms with E-state index in [1.165, 1.54) is 22.3 Å². The largest absolute Gasteiger partial charge is 0.265 e. The number of aromatic nitrogens is 11. The average molecular weight is 1330 g/mol.